The maximum Gasteiger partial charge on any atom is 0.195 e. The Morgan fingerprint density at radius 3 is 2.38 bits per heavy atom. The number of aryl methyl sites for hydroxylation is 1. The van der Waals surface area contributed by atoms with E-state index in [0.717, 1.165) is 0 Å². The van der Waals surface area contributed by atoms with Crippen molar-refractivity contribution in [1.29, 1.82) is 0 Å². The number of nitrogens with zero attached hydrogens (tertiary/aromatic N) is 2. The molecule has 0 spiro atoms. The maximum absolute atomic E-state index is 14.5. The van der Waals surface area contributed by atoms with Crippen molar-refractivity contribution in [3.05, 3.63) is 59.9 Å². The predicted molar refractivity (Wildman–Crippen MR) is 86.5 cm³/mol. The fraction of sp³-hybridized carbons (Fsp3) is 0.167. The Labute approximate surface area is 137 Å². The highest BCUT2D eigenvalue weighted by atomic mass is 19.2. The van der Waals surface area contributed by atoms with Crippen LogP contribution in [0.4, 0.5) is 13.2 Å². The van der Waals surface area contributed by atoms with E-state index in [-0.39, 0.29) is 28.7 Å². The number of halogens is 3. The number of aromatic nitrogens is 2. The third kappa shape index (κ3) is 2.35. The molecule has 3 nitrogen and oxygen atoms in total. The quantitative estimate of drug-likeness (QED) is 0.515. The molecule has 2 aromatic carbocycles. The van der Waals surface area contributed by atoms with E-state index >= 15 is 0 Å². The normalized spacial score (nSPS) is 11.0. The van der Waals surface area contributed by atoms with Gasteiger partial charge in [-0.3, -0.25) is 4.68 Å². The highest BCUT2D eigenvalue weighted by Crippen LogP contribution is 2.35. The van der Waals surface area contributed by atoms with Crippen LogP contribution in [0.3, 0.4) is 0 Å². The van der Waals surface area contributed by atoms with Crippen LogP contribution in [0, 0.1) is 24.4 Å². The Hall–Kier alpha value is -2.76. The van der Waals surface area contributed by atoms with Gasteiger partial charge in [-0.1, -0.05) is 6.08 Å². The number of hydrogen-bond acceptors (Lipinski definition) is 2. The van der Waals surface area contributed by atoms with Gasteiger partial charge in [0.25, 0.3) is 0 Å². The van der Waals surface area contributed by atoms with Crippen LogP contribution in [-0.2, 0) is 6.54 Å². The van der Waals surface area contributed by atoms with Crippen molar-refractivity contribution in [3.63, 3.8) is 0 Å². The summed E-state index contributed by atoms with van der Waals surface area (Å²) >= 11 is 0. The van der Waals surface area contributed by atoms with Crippen molar-refractivity contribution in [2.75, 3.05) is 7.11 Å². The van der Waals surface area contributed by atoms with E-state index in [1.165, 1.54) is 18.7 Å². The third-order valence-electron chi connectivity index (χ3n) is 3.91. The molecule has 124 valence electrons. The number of rotatable bonds is 4. The van der Waals surface area contributed by atoms with Crippen LogP contribution in [0.5, 0.6) is 5.75 Å². The molecular weight excluding hydrogens is 317 g/mol. The van der Waals surface area contributed by atoms with E-state index in [9.17, 15) is 13.2 Å². The van der Waals surface area contributed by atoms with Crippen LogP contribution in [0.2, 0.25) is 0 Å². The van der Waals surface area contributed by atoms with E-state index in [1.807, 2.05) is 0 Å². The van der Waals surface area contributed by atoms with Gasteiger partial charge in [0.05, 0.1) is 24.6 Å². The summed E-state index contributed by atoms with van der Waals surface area (Å²) in [6, 6.07) is 6.76. The molecule has 3 aromatic rings. The van der Waals surface area contributed by atoms with Gasteiger partial charge in [-0.2, -0.15) is 5.10 Å². The van der Waals surface area contributed by atoms with Crippen LogP contribution in [-0.4, -0.2) is 16.9 Å². The number of methoxy groups -OCH3 is 1. The molecule has 0 amide bonds. The zero-order valence-corrected chi connectivity index (χ0v) is 13.2. The lowest BCUT2D eigenvalue weighted by molar-refractivity contribution is 0.415. The molecule has 6 heteroatoms. The van der Waals surface area contributed by atoms with Crippen LogP contribution in [0.1, 0.15) is 5.56 Å². The molecule has 0 aliphatic heterocycles. The third-order valence-corrected chi connectivity index (χ3v) is 3.91. The SMILES string of the molecule is C=CCn1nc(-c2ccc(OC)cc2)c2c(F)c(F)c(F)c(C)c21. The molecule has 1 heterocycles. The van der Waals surface area contributed by atoms with E-state index in [0.29, 0.717) is 11.3 Å². The molecule has 0 atom stereocenters. The standard InChI is InChI=1S/C18H15F3N2O/c1-4-9-23-18-10(2)14(19)16(21)15(20)13(18)17(22-23)11-5-7-12(24-3)8-6-11/h4-8H,1,9H2,2-3H3. The molecule has 1 aromatic heterocycles. The van der Waals surface area contributed by atoms with Crippen LogP contribution in [0.25, 0.3) is 22.2 Å². The molecule has 24 heavy (non-hydrogen) atoms. The smallest absolute Gasteiger partial charge is 0.195 e. The lowest BCUT2D eigenvalue weighted by Gasteiger charge is -2.06. The van der Waals surface area contributed by atoms with Gasteiger partial charge in [0.2, 0.25) is 0 Å². The summed E-state index contributed by atoms with van der Waals surface area (Å²) in [6.07, 6.45) is 1.56. The first-order chi connectivity index (χ1) is 11.5. The van der Waals surface area contributed by atoms with Gasteiger partial charge in [-0.05, 0) is 31.2 Å². The summed E-state index contributed by atoms with van der Waals surface area (Å²) in [5.41, 5.74) is 1.05. The Morgan fingerprint density at radius 2 is 1.79 bits per heavy atom. The molecule has 0 saturated heterocycles. The lowest BCUT2D eigenvalue weighted by atomic mass is 10.0. The minimum Gasteiger partial charge on any atom is -0.497 e. The highest BCUT2D eigenvalue weighted by molar-refractivity contribution is 5.95. The summed E-state index contributed by atoms with van der Waals surface area (Å²) in [7, 11) is 1.53. The van der Waals surface area contributed by atoms with Crippen molar-refractivity contribution in [2.45, 2.75) is 13.5 Å². The molecule has 0 aliphatic carbocycles. The van der Waals surface area contributed by atoms with E-state index in [1.54, 1.807) is 30.3 Å². The topological polar surface area (TPSA) is 27.1 Å². The summed E-state index contributed by atoms with van der Waals surface area (Å²) in [5, 5.41) is 4.30. The number of ether oxygens (including phenoxy) is 1. The van der Waals surface area contributed by atoms with Gasteiger partial charge in [0.15, 0.2) is 17.5 Å². The monoisotopic (exact) mass is 332 g/mol. The van der Waals surface area contributed by atoms with Gasteiger partial charge in [0.1, 0.15) is 11.4 Å². The molecule has 0 unspecified atom stereocenters. The average Bonchev–Trinajstić information content (AvgIpc) is 2.98. The van der Waals surface area contributed by atoms with Crippen molar-refractivity contribution in [3.8, 4) is 17.0 Å². The van der Waals surface area contributed by atoms with Gasteiger partial charge in [-0.15, -0.1) is 6.58 Å². The minimum atomic E-state index is -1.49. The molecule has 0 aliphatic rings. The molecule has 0 bridgehead atoms. The fourth-order valence-corrected chi connectivity index (χ4v) is 2.73. The summed E-state index contributed by atoms with van der Waals surface area (Å²) in [4.78, 5) is 0. The Balaban J connectivity index is 2.37. The largest absolute Gasteiger partial charge is 0.497 e. The van der Waals surface area contributed by atoms with Gasteiger partial charge in [0, 0.05) is 11.1 Å². The number of fused-ring (bicyclic) bond motifs is 1. The zero-order chi connectivity index (χ0) is 17.4. The van der Waals surface area contributed by atoms with Gasteiger partial charge >= 0.3 is 0 Å². The van der Waals surface area contributed by atoms with Crippen molar-refractivity contribution >= 4 is 10.9 Å². The number of hydrogen-bond donors (Lipinski definition) is 0. The first-order valence-corrected chi connectivity index (χ1v) is 7.28. The second-order valence-electron chi connectivity index (χ2n) is 5.34. The molecule has 0 fully saturated rings. The number of benzene rings is 2. The van der Waals surface area contributed by atoms with E-state index in [2.05, 4.69) is 11.7 Å². The molecule has 0 radical (unpaired) electrons. The number of allylic oxidation sites excluding steroid dienone is 1. The first kappa shape index (κ1) is 16.1. The molecular formula is C18H15F3N2O. The van der Waals surface area contributed by atoms with Crippen molar-refractivity contribution in [2.24, 2.45) is 0 Å². The molecule has 0 N–H and O–H groups in total. The second kappa shape index (κ2) is 6.03. The molecule has 3 rings (SSSR count). The summed E-state index contributed by atoms with van der Waals surface area (Å²) < 4.78 is 48.8. The Morgan fingerprint density at radius 1 is 1.12 bits per heavy atom. The first-order valence-electron chi connectivity index (χ1n) is 7.28. The van der Waals surface area contributed by atoms with Gasteiger partial charge < -0.3 is 4.74 Å². The zero-order valence-electron chi connectivity index (χ0n) is 13.2. The minimum absolute atomic E-state index is 0.0120. The Kier molecular flexibility index (Phi) is 4.05. The summed E-state index contributed by atoms with van der Waals surface area (Å²) in [6.45, 7) is 5.27. The summed E-state index contributed by atoms with van der Waals surface area (Å²) in [5.74, 6) is -3.31. The average molecular weight is 332 g/mol. The van der Waals surface area contributed by atoms with E-state index in [4.69, 9.17) is 4.74 Å². The fourth-order valence-electron chi connectivity index (χ4n) is 2.73. The second-order valence-corrected chi connectivity index (χ2v) is 5.34. The highest BCUT2D eigenvalue weighted by Gasteiger charge is 2.25. The van der Waals surface area contributed by atoms with Crippen LogP contribution < -0.4 is 4.74 Å². The van der Waals surface area contributed by atoms with E-state index < -0.39 is 17.5 Å². The van der Waals surface area contributed by atoms with Gasteiger partial charge in [-0.25, -0.2) is 13.2 Å². The molecule has 0 saturated carbocycles. The van der Waals surface area contributed by atoms with Crippen LogP contribution >= 0.6 is 0 Å². The predicted octanol–water partition coefficient (Wildman–Crippen LogP) is 4.62. The van der Waals surface area contributed by atoms with Crippen molar-refractivity contribution < 1.29 is 17.9 Å². The van der Waals surface area contributed by atoms with Crippen LogP contribution in [0.15, 0.2) is 36.9 Å². The maximum atomic E-state index is 14.5. The lowest BCUT2D eigenvalue weighted by Crippen LogP contribution is -2.02. The Bertz CT molecular complexity index is 930. The van der Waals surface area contributed by atoms with Crippen molar-refractivity contribution in [1.82, 2.24) is 9.78 Å².